The number of aryl methyl sites for hydroxylation is 2. The third-order valence-corrected chi connectivity index (χ3v) is 3.09. The third kappa shape index (κ3) is 4.15. The molecule has 1 amide bonds. The van der Waals surface area contributed by atoms with E-state index in [1.54, 1.807) is 7.05 Å². The van der Waals surface area contributed by atoms with E-state index in [-0.39, 0.29) is 11.3 Å². The molecule has 0 saturated heterocycles. The van der Waals surface area contributed by atoms with Gasteiger partial charge in [-0.05, 0) is 35.4 Å². The number of hydrogen-bond donors (Lipinski definition) is 2. The summed E-state index contributed by atoms with van der Waals surface area (Å²) in [6.45, 7) is 8.74. The fraction of sp³-hybridized carbons (Fsp3) is 0.533. The lowest BCUT2D eigenvalue weighted by Crippen LogP contribution is -2.34. The first kappa shape index (κ1) is 14.7. The molecular formula is C15H24N2O. The molecule has 18 heavy (non-hydrogen) atoms. The van der Waals surface area contributed by atoms with Crippen LogP contribution in [0, 0.1) is 6.92 Å². The van der Waals surface area contributed by atoms with Gasteiger partial charge in [-0.25, -0.2) is 5.43 Å². The van der Waals surface area contributed by atoms with E-state index in [1.165, 1.54) is 16.7 Å². The average Bonchev–Trinajstić information content (AvgIpc) is 2.26. The van der Waals surface area contributed by atoms with Crippen molar-refractivity contribution in [1.82, 2.24) is 10.9 Å². The number of carbonyl (C=O) groups excluding carboxylic acids is 1. The van der Waals surface area contributed by atoms with Gasteiger partial charge in [-0.3, -0.25) is 10.2 Å². The molecule has 3 nitrogen and oxygen atoms in total. The maximum atomic E-state index is 11.4. The van der Waals surface area contributed by atoms with Gasteiger partial charge in [-0.15, -0.1) is 0 Å². The molecule has 0 saturated carbocycles. The van der Waals surface area contributed by atoms with E-state index in [0.717, 1.165) is 6.42 Å². The molecule has 0 radical (unpaired) electrons. The summed E-state index contributed by atoms with van der Waals surface area (Å²) in [5.74, 6) is 0.0248. The van der Waals surface area contributed by atoms with E-state index >= 15 is 0 Å². The molecule has 1 aromatic rings. The van der Waals surface area contributed by atoms with Gasteiger partial charge in [0.2, 0.25) is 5.91 Å². The molecule has 0 unspecified atom stereocenters. The Balaban J connectivity index is 2.72. The minimum atomic E-state index is 0.0248. The van der Waals surface area contributed by atoms with Gasteiger partial charge in [0.25, 0.3) is 0 Å². The van der Waals surface area contributed by atoms with Crippen LogP contribution < -0.4 is 10.9 Å². The Kier molecular flexibility index (Phi) is 4.91. The van der Waals surface area contributed by atoms with Crippen LogP contribution in [0.25, 0.3) is 0 Å². The summed E-state index contributed by atoms with van der Waals surface area (Å²) in [5, 5.41) is 0. The van der Waals surface area contributed by atoms with Crippen LogP contribution in [0.3, 0.4) is 0 Å². The van der Waals surface area contributed by atoms with Crippen LogP contribution in [-0.4, -0.2) is 13.0 Å². The quantitative estimate of drug-likeness (QED) is 0.804. The number of hydrazine groups is 1. The largest absolute Gasteiger partial charge is 0.292 e. The van der Waals surface area contributed by atoms with Crippen LogP contribution >= 0.6 is 0 Å². The van der Waals surface area contributed by atoms with Crippen molar-refractivity contribution < 1.29 is 4.79 Å². The highest BCUT2D eigenvalue weighted by molar-refractivity contribution is 5.75. The number of nitrogens with one attached hydrogen (secondary N) is 2. The lowest BCUT2D eigenvalue weighted by Gasteiger charge is -2.20. The Hall–Kier alpha value is -1.35. The monoisotopic (exact) mass is 248 g/mol. The molecule has 0 aliphatic carbocycles. The fourth-order valence-electron chi connectivity index (χ4n) is 1.89. The Morgan fingerprint density at radius 1 is 1.28 bits per heavy atom. The number of hydrogen-bond acceptors (Lipinski definition) is 2. The second-order valence-electron chi connectivity index (χ2n) is 5.69. The Bertz CT molecular complexity index is 419. The van der Waals surface area contributed by atoms with Crippen LogP contribution in [0.5, 0.6) is 0 Å². The number of amides is 1. The Morgan fingerprint density at radius 3 is 2.44 bits per heavy atom. The van der Waals surface area contributed by atoms with Gasteiger partial charge in [-0.1, -0.05) is 39.0 Å². The topological polar surface area (TPSA) is 41.1 Å². The van der Waals surface area contributed by atoms with E-state index < -0.39 is 0 Å². The minimum absolute atomic E-state index is 0.0248. The summed E-state index contributed by atoms with van der Waals surface area (Å²) in [5.41, 5.74) is 9.25. The highest BCUT2D eigenvalue weighted by Crippen LogP contribution is 2.24. The van der Waals surface area contributed by atoms with Crippen molar-refractivity contribution in [2.75, 3.05) is 7.05 Å². The molecule has 0 atom stereocenters. The molecular weight excluding hydrogens is 224 g/mol. The van der Waals surface area contributed by atoms with Gasteiger partial charge in [-0.2, -0.15) is 0 Å². The van der Waals surface area contributed by atoms with E-state index in [4.69, 9.17) is 0 Å². The molecule has 0 heterocycles. The van der Waals surface area contributed by atoms with Gasteiger partial charge in [0.1, 0.15) is 0 Å². The molecule has 100 valence electrons. The molecule has 0 aromatic heterocycles. The zero-order valence-electron chi connectivity index (χ0n) is 12.1. The highest BCUT2D eigenvalue weighted by Gasteiger charge is 2.14. The maximum absolute atomic E-state index is 11.4. The SMILES string of the molecule is CNNC(=O)CCc1ccc(C(C)(C)C)cc1C. The summed E-state index contributed by atoms with van der Waals surface area (Å²) in [4.78, 5) is 11.4. The van der Waals surface area contributed by atoms with Gasteiger partial charge in [0.05, 0.1) is 0 Å². The van der Waals surface area contributed by atoms with Crippen molar-refractivity contribution in [3.8, 4) is 0 Å². The number of rotatable bonds is 4. The van der Waals surface area contributed by atoms with E-state index in [9.17, 15) is 4.79 Å². The molecule has 3 heteroatoms. The molecule has 1 aromatic carbocycles. The van der Waals surface area contributed by atoms with E-state index in [1.807, 2.05) is 0 Å². The average molecular weight is 248 g/mol. The fourth-order valence-corrected chi connectivity index (χ4v) is 1.89. The maximum Gasteiger partial charge on any atom is 0.234 e. The van der Waals surface area contributed by atoms with Crippen molar-refractivity contribution in [3.63, 3.8) is 0 Å². The first-order valence-electron chi connectivity index (χ1n) is 6.40. The lowest BCUT2D eigenvalue weighted by atomic mass is 9.85. The van der Waals surface area contributed by atoms with Crippen molar-refractivity contribution >= 4 is 5.91 Å². The second-order valence-corrected chi connectivity index (χ2v) is 5.69. The van der Waals surface area contributed by atoms with Gasteiger partial charge in [0.15, 0.2) is 0 Å². The minimum Gasteiger partial charge on any atom is -0.292 e. The third-order valence-electron chi connectivity index (χ3n) is 3.09. The van der Waals surface area contributed by atoms with Crippen molar-refractivity contribution in [2.24, 2.45) is 0 Å². The number of benzene rings is 1. The smallest absolute Gasteiger partial charge is 0.234 e. The van der Waals surface area contributed by atoms with Crippen LogP contribution in [0.2, 0.25) is 0 Å². The van der Waals surface area contributed by atoms with Crippen molar-refractivity contribution in [3.05, 3.63) is 34.9 Å². The van der Waals surface area contributed by atoms with Gasteiger partial charge in [0, 0.05) is 13.5 Å². The number of carbonyl (C=O) groups is 1. The zero-order valence-corrected chi connectivity index (χ0v) is 12.1. The van der Waals surface area contributed by atoms with Crippen LogP contribution in [0.15, 0.2) is 18.2 Å². The predicted molar refractivity (Wildman–Crippen MR) is 75.4 cm³/mol. The summed E-state index contributed by atoms with van der Waals surface area (Å²) in [7, 11) is 1.70. The van der Waals surface area contributed by atoms with Gasteiger partial charge >= 0.3 is 0 Å². The molecule has 0 bridgehead atoms. The van der Waals surface area contributed by atoms with Gasteiger partial charge < -0.3 is 0 Å². The molecule has 0 aliphatic heterocycles. The first-order valence-corrected chi connectivity index (χ1v) is 6.40. The van der Waals surface area contributed by atoms with Crippen LogP contribution in [-0.2, 0) is 16.6 Å². The molecule has 0 spiro atoms. The molecule has 1 rings (SSSR count). The lowest BCUT2D eigenvalue weighted by molar-refractivity contribution is -0.121. The molecule has 0 aliphatic rings. The molecule has 2 N–H and O–H groups in total. The summed E-state index contributed by atoms with van der Waals surface area (Å²) >= 11 is 0. The van der Waals surface area contributed by atoms with Crippen molar-refractivity contribution in [2.45, 2.75) is 46.0 Å². The highest BCUT2D eigenvalue weighted by atomic mass is 16.2. The normalized spacial score (nSPS) is 11.4. The van der Waals surface area contributed by atoms with Crippen LogP contribution in [0.4, 0.5) is 0 Å². The Morgan fingerprint density at radius 2 is 1.94 bits per heavy atom. The summed E-state index contributed by atoms with van der Waals surface area (Å²) < 4.78 is 0. The predicted octanol–water partition coefficient (Wildman–Crippen LogP) is 2.48. The zero-order chi connectivity index (χ0) is 13.8. The Labute approximate surface area is 110 Å². The first-order chi connectivity index (χ1) is 8.34. The second kappa shape index (κ2) is 6.01. The standard InChI is InChI=1S/C15H24N2O/c1-11-10-13(15(2,3)4)8-6-12(11)7-9-14(18)17-16-5/h6,8,10,16H,7,9H2,1-5H3,(H,17,18). The van der Waals surface area contributed by atoms with Crippen LogP contribution in [0.1, 0.15) is 43.9 Å². The molecule has 0 fully saturated rings. The van der Waals surface area contributed by atoms with Crippen molar-refractivity contribution in [1.29, 1.82) is 0 Å². The van der Waals surface area contributed by atoms with E-state index in [2.05, 4.69) is 56.7 Å². The summed E-state index contributed by atoms with van der Waals surface area (Å²) in [6.07, 6.45) is 1.29. The summed E-state index contributed by atoms with van der Waals surface area (Å²) in [6, 6.07) is 6.53. The van der Waals surface area contributed by atoms with E-state index in [0.29, 0.717) is 6.42 Å².